The van der Waals surface area contributed by atoms with Crippen molar-refractivity contribution < 1.29 is 8.42 Å². The van der Waals surface area contributed by atoms with Gasteiger partial charge in [-0.3, -0.25) is 0 Å². The van der Waals surface area contributed by atoms with Crippen molar-refractivity contribution in [3.8, 4) is 0 Å². The molecule has 0 spiro atoms. The minimum absolute atomic E-state index is 0.150. The first-order valence-corrected chi connectivity index (χ1v) is 9.09. The summed E-state index contributed by atoms with van der Waals surface area (Å²) in [5.74, 6) is 2.48. The van der Waals surface area contributed by atoms with Crippen molar-refractivity contribution in [2.75, 3.05) is 36.2 Å². The van der Waals surface area contributed by atoms with Crippen LogP contribution < -0.4 is 10.6 Å². The van der Waals surface area contributed by atoms with E-state index in [4.69, 9.17) is 0 Å². The van der Waals surface area contributed by atoms with E-state index in [0.29, 0.717) is 13.0 Å². The van der Waals surface area contributed by atoms with Gasteiger partial charge in [-0.1, -0.05) is 20.8 Å². The van der Waals surface area contributed by atoms with E-state index in [9.17, 15) is 8.42 Å². The summed E-state index contributed by atoms with van der Waals surface area (Å²) in [4.78, 5) is 9.11. The van der Waals surface area contributed by atoms with Crippen molar-refractivity contribution in [3.05, 3.63) is 11.4 Å². The molecule has 0 radical (unpaired) electrons. The quantitative estimate of drug-likeness (QED) is 0.781. The molecule has 0 aliphatic heterocycles. The van der Waals surface area contributed by atoms with Gasteiger partial charge in [0.05, 0.1) is 5.75 Å². The van der Waals surface area contributed by atoms with E-state index < -0.39 is 9.84 Å². The van der Waals surface area contributed by atoms with Crippen LogP contribution in [0.25, 0.3) is 0 Å². The van der Waals surface area contributed by atoms with Crippen LogP contribution in [0.4, 0.5) is 11.6 Å². The molecular weight excluding hydrogens is 288 g/mol. The smallest absolute Gasteiger partial charge is 0.147 e. The van der Waals surface area contributed by atoms with Crippen LogP contribution in [-0.2, 0) is 15.3 Å². The maximum atomic E-state index is 11.1. The first-order valence-electron chi connectivity index (χ1n) is 7.03. The van der Waals surface area contributed by atoms with Gasteiger partial charge < -0.3 is 10.6 Å². The molecule has 0 aliphatic rings. The summed E-state index contributed by atoms with van der Waals surface area (Å²) < 4.78 is 22.3. The van der Waals surface area contributed by atoms with Crippen molar-refractivity contribution in [2.24, 2.45) is 0 Å². The van der Waals surface area contributed by atoms with Crippen LogP contribution in [0.1, 0.15) is 38.6 Å². The Morgan fingerprint density at radius 2 is 1.71 bits per heavy atom. The highest BCUT2D eigenvalue weighted by molar-refractivity contribution is 7.90. The number of sulfone groups is 1. The van der Waals surface area contributed by atoms with Crippen LogP contribution in [0.2, 0.25) is 0 Å². The highest BCUT2D eigenvalue weighted by Crippen LogP contribution is 2.25. The number of hydrogen-bond acceptors (Lipinski definition) is 6. The molecule has 21 heavy (non-hydrogen) atoms. The molecule has 0 unspecified atom stereocenters. The fraction of sp³-hybridized carbons (Fsp3) is 0.714. The average Bonchev–Trinajstić information content (AvgIpc) is 2.33. The van der Waals surface area contributed by atoms with E-state index in [1.54, 1.807) is 0 Å². The zero-order valence-electron chi connectivity index (χ0n) is 13.7. The summed E-state index contributed by atoms with van der Waals surface area (Å²) in [5, 5.41) is 6.29. The van der Waals surface area contributed by atoms with Crippen LogP contribution in [0, 0.1) is 6.92 Å². The third-order valence-corrected chi connectivity index (χ3v) is 4.07. The molecular formula is C14H26N4O2S. The molecule has 2 N–H and O–H groups in total. The van der Waals surface area contributed by atoms with Crippen LogP contribution in [0.5, 0.6) is 0 Å². The van der Waals surface area contributed by atoms with Crippen LogP contribution in [0.3, 0.4) is 0 Å². The number of nitrogens with zero attached hydrogens (tertiary/aromatic N) is 2. The molecule has 0 fully saturated rings. The Kier molecular flexibility index (Phi) is 5.55. The highest BCUT2D eigenvalue weighted by Gasteiger charge is 2.20. The Morgan fingerprint density at radius 3 is 2.19 bits per heavy atom. The van der Waals surface area contributed by atoms with Crippen LogP contribution in [0.15, 0.2) is 0 Å². The van der Waals surface area contributed by atoms with Crippen molar-refractivity contribution in [2.45, 2.75) is 39.5 Å². The summed E-state index contributed by atoms with van der Waals surface area (Å²) in [7, 11) is -1.09. The molecule has 0 saturated carbocycles. The van der Waals surface area contributed by atoms with Crippen molar-refractivity contribution in [3.63, 3.8) is 0 Å². The minimum atomic E-state index is -2.92. The SMILES string of the molecule is CNc1nc(C(C)(C)C)nc(NCCCS(C)(=O)=O)c1C. The maximum absolute atomic E-state index is 11.1. The summed E-state index contributed by atoms with van der Waals surface area (Å²) in [6.07, 6.45) is 1.81. The number of anilines is 2. The first-order chi connectivity index (χ1) is 9.54. The largest absolute Gasteiger partial charge is 0.373 e. The van der Waals surface area contributed by atoms with E-state index in [1.807, 2.05) is 14.0 Å². The fourth-order valence-electron chi connectivity index (χ4n) is 1.81. The maximum Gasteiger partial charge on any atom is 0.147 e. The lowest BCUT2D eigenvalue weighted by atomic mass is 9.95. The van der Waals surface area contributed by atoms with Gasteiger partial charge in [0.25, 0.3) is 0 Å². The second kappa shape index (κ2) is 6.60. The van der Waals surface area contributed by atoms with Gasteiger partial charge in [0.1, 0.15) is 27.3 Å². The molecule has 0 atom stereocenters. The molecule has 0 aromatic carbocycles. The summed E-state index contributed by atoms with van der Waals surface area (Å²) in [5.41, 5.74) is 0.785. The third kappa shape index (κ3) is 5.49. The fourth-order valence-corrected chi connectivity index (χ4v) is 2.48. The average molecular weight is 314 g/mol. The molecule has 1 aromatic rings. The Morgan fingerprint density at radius 1 is 1.14 bits per heavy atom. The molecule has 0 amide bonds. The van der Waals surface area contributed by atoms with Gasteiger partial charge in [0.15, 0.2) is 0 Å². The van der Waals surface area contributed by atoms with Crippen molar-refractivity contribution in [1.29, 1.82) is 0 Å². The summed E-state index contributed by atoms with van der Waals surface area (Å²) >= 11 is 0. The van der Waals surface area contributed by atoms with Crippen LogP contribution in [-0.4, -0.2) is 44.0 Å². The van der Waals surface area contributed by atoms with Gasteiger partial charge in [-0.15, -0.1) is 0 Å². The normalized spacial score (nSPS) is 12.3. The molecule has 0 saturated heterocycles. The Balaban J connectivity index is 2.90. The Bertz CT molecular complexity index is 592. The van der Waals surface area contributed by atoms with E-state index in [1.165, 1.54) is 6.26 Å². The van der Waals surface area contributed by atoms with Gasteiger partial charge in [0.2, 0.25) is 0 Å². The van der Waals surface area contributed by atoms with Gasteiger partial charge >= 0.3 is 0 Å². The number of nitrogens with one attached hydrogen (secondary N) is 2. The minimum Gasteiger partial charge on any atom is -0.373 e. The highest BCUT2D eigenvalue weighted by atomic mass is 32.2. The van der Waals surface area contributed by atoms with Crippen molar-refractivity contribution >= 4 is 21.5 Å². The predicted octanol–water partition coefficient (Wildman–Crippen LogP) is 1.97. The second-order valence-corrected chi connectivity index (χ2v) is 8.54. The monoisotopic (exact) mass is 314 g/mol. The Hall–Kier alpha value is -1.37. The number of hydrogen-bond donors (Lipinski definition) is 2. The molecule has 0 aliphatic carbocycles. The molecule has 6 nitrogen and oxygen atoms in total. The molecule has 1 heterocycles. The lowest BCUT2D eigenvalue weighted by molar-refractivity contribution is 0.546. The van der Waals surface area contributed by atoms with E-state index in [-0.39, 0.29) is 11.2 Å². The van der Waals surface area contributed by atoms with E-state index >= 15 is 0 Å². The van der Waals surface area contributed by atoms with Gasteiger partial charge in [-0.2, -0.15) is 0 Å². The van der Waals surface area contributed by atoms with E-state index in [2.05, 4.69) is 41.4 Å². The number of rotatable bonds is 6. The van der Waals surface area contributed by atoms with Gasteiger partial charge in [-0.05, 0) is 13.3 Å². The molecule has 1 aromatic heterocycles. The van der Waals surface area contributed by atoms with Gasteiger partial charge in [0, 0.05) is 30.8 Å². The topological polar surface area (TPSA) is 84.0 Å². The third-order valence-electron chi connectivity index (χ3n) is 3.04. The summed E-state index contributed by atoms with van der Waals surface area (Å²) in [6.45, 7) is 8.69. The lowest BCUT2D eigenvalue weighted by Crippen LogP contribution is -2.20. The second-order valence-electron chi connectivity index (χ2n) is 6.28. The van der Waals surface area contributed by atoms with Gasteiger partial charge in [-0.25, -0.2) is 18.4 Å². The lowest BCUT2D eigenvalue weighted by Gasteiger charge is -2.20. The zero-order chi connectivity index (χ0) is 16.3. The number of aromatic nitrogens is 2. The Labute approximate surface area is 127 Å². The molecule has 7 heteroatoms. The predicted molar refractivity (Wildman–Crippen MR) is 87.8 cm³/mol. The molecule has 120 valence electrons. The van der Waals surface area contributed by atoms with Crippen molar-refractivity contribution in [1.82, 2.24) is 9.97 Å². The van der Waals surface area contributed by atoms with Crippen LogP contribution >= 0.6 is 0 Å². The standard InChI is InChI=1S/C14H26N4O2S/c1-10-11(15-5)17-13(14(2,3)4)18-12(10)16-8-7-9-21(6,19)20/h7-9H2,1-6H3,(H2,15,16,17,18). The first kappa shape index (κ1) is 17.7. The molecule has 1 rings (SSSR count). The zero-order valence-corrected chi connectivity index (χ0v) is 14.6. The van der Waals surface area contributed by atoms with E-state index in [0.717, 1.165) is 23.0 Å². The molecule has 0 bridgehead atoms. The summed E-state index contributed by atoms with van der Waals surface area (Å²) in [6, 6.07) is 0.